The lowest BCUT2D eigenvalue weighted by Crippen LogP contribution is -2.22. The molecule has 7 nitrogen and oxygen atoms in total. The number of carbonyl (C=O) groups excluding carboxylic acids is 3. The van der Waals surface area contributed by atoms with Crippen molar-refractivity contribution in [1.82, 2.24) is 5.32 Å². The summed E-state index contributed by atoms with van der Waals surface area (Å²) in [6.45, 7) is 4.08. The number of amides is 3. The van der Waals surface area contributed by atoms with Crippen LogP contribution in [0, 0.1) is 5.92 Å². The van der Waals surface area contributed by atoms with E-state index in [1.807, 2.05) is 13.8 Å². The van der Waals surface area contributed by atoms with Gasteiger partial charge in [-0.1, -0.05) is 13.8 Å². The van der Waals surface area contributed by atoms with Crippen LogP contribution in [0.4, 0.5) is 17.1 Å². The van der Waals surface area contributed by atoms with Gasteiger partial charge in [-0.3, -0.25) is 14.4 Å². The van der Waals surface area contributed by atoms with Crippen LogP contribution >= 0.6 is 0 Å². The summed E-state index contributed by atoms with van der Waals surface area (Å²) in [5.74, 6) is -0.0950. The molecule has 0 unspecified atom stereocenters. The second kappa shape index (κ2) is 10.1. The van der Waals surface area contributed by atoms with Crippen molar-refractivity contribution < 1.29 is 14.4 Å². The quantitative estimate of drug-likeness (QED) is 0.564. The maximum atomic E-state index is 12.1. The van der Waals surface area contributed by atoms with Crippen LogP contribution in [0.25, 0.3) is 0 Å². The summed E-state index contributed by atoms with van der Waals surface area (Å²) in [4.78, 5) is 35.3. The van der Waals surface area contributed by atoms with Crippen molar-refractivity contribution in [3.8, 4) is 0 Å². The first kappa shape index (κ1) is 21.0. The largest absolute Gasteiger partial charge is 0.376 e. The van der Waals surface area contributed by atoms with E-state index in [-0.39, 0.29) is 24.3 Å². The zero-order chi connectivity index (χ0) is 20.5. The van der Waals surface area contributed by atoms with Crippen LogP contribution in [0.15, 0.2) is 48.5 Å². The molecule has 0 spiro atoms. The highest BCUT2D eigenvalue weighted by Crippen LogP contribution is 2.15. The van der Waals surface area contributed by atoms with Crippen molar-refractivity contribution in [3.63, 3.8) is 0 Å². The minimum Gasteiger partial charge on any atom is -0.376 e. The first-order valence-corrected chi connectivity index (χ1v) is 9.13. The molecule has 0 radical (unpaired) electrons. The molecule has 0 aliphatic rings. The molecule has 0 atom stereocenters. The molecular weight excluding hydrogens is 356 g/mol. The van der Waals surface area contributed by atoms with Gasteiger partial charge in [-0.25, -0.2) is 0 Å². The molecule has 0 saturated carbocycles. The zero-order valence-corrected chi connectivity index (χ0v) is 16.3. The predicted molar refractivity (Wildman–Crippen MR) is 111 cm³/mol. The van der Waals surface area contributed by atoms with Crippen molar-refractivity contribution in [1.29, 1.82) is 0 Å². The van der Waals surface area contributed by atoms with E-state index in [2.05, 4.69) is 21.3 Å². The minimum atomic E-state index is -0.206. The zero-order valence-electron chi connectivity index (χ0n) is 16.3. The van der Waals surface area contributed by atoms with Crippen molar-refractivity contribution in [3.05, 3.63) is 54.1 Å². The van der Waals surface area contributed by atoms with Crippen molar-refractivity contribution >= 4 is 34.8 Å². The summed E-state index contributed by atoms with van der Waals surface area (Å²) in [6.07, 6.45) is 0.476. The fourth-order valence-electron chi connectivity index (χ4n) is 2.49. The third kappa shape index (κ3) is 6.75. The Morgan fingerprint density at radius 1 is 0.786 bits per heavy atom. The number of carbonyl (C=O) groups is 3. The highest BCUT2D eigenvalue weighted by atomic mass is 16.2. The lowest BCUT2D eigenvalue weighted by Gasteiger charge is -2.10. The number of hydrogen-bond acceptors (Lipinski definition) is 4. The van der Waals surface area contributed by atoms with Crippen LogP contribution in [0.5, 0.6) is 0 Å². The molecule has 0 heterocycles. The van der Waals surface area contributed by atoms with Crippen LogP contribution in [0.2, 0.25) is 0 Å². The summed E-state index contributed by atoms with van der Waals surface area (Å²) < 4.78 is 0. The topological polar surface area (TPSA) is 99.3 Å². The molecule has 0 aliphatic carbocycles. The molecule has 2 rings (SSSR count). The van der Waals surface area contributed by atoms with E-state index < -0.39 is 0 Å². The molecule has 3 amide bonds. The van der Waals surface area contributed by atoms with Gasteiger partial charge in [-0.05, 0) is 54.4 Å². The number of hydrogen-bond donors (Lipinski definition) is 4. The second-order valence-corrected chi connectivity index (χ2v) is 6.78. The Kier molecular flexibility index (Phi) is 7.56. The third-order valence-corrected chi connectivity index (χ3v) is 3.87. The van der Waals surface area contributed by atoms with Crippen molar-refractivity contribution in [2.45, 2.75) is 20.3 Å². The van der Waals surface area contributed by atoms with Crippen molar-refractivity contribution in [2.75, 3.05) is 29.5 Å². The Bertz CT molecular complexity index is 815. The predicted octanol–water partition coefficient (Wildman–Crippen LogP) is 3.08. The van der Waals surface area contributed by atoms with E-state index in [0.717, 1.165) is 11.4 Å². The fourth-order valence-corrected chi connectivity index (χ4v) is 2.49. The molecule has 4 N–H and O–H groups in total. The normalized spacial score (nSPS) is 10.3. The first-order chi connectivity index (χ1) is 13.4. The molecule has 0 bridgehead atoms. The standard InChI is InChI=1S/C21H26N4O3/c1-14(2)12-19(26)24-18-10-8-16(9-11-18)23-13-20(27)25-17-6-4-15(5-7-17)21(28)22-3/h4-11,14,23H,12-13H2,1-3H3,(H,22,28)(H,24,26)(H,25,27). The first-order valence-electron chi connectivity index (χ1n) is 9.13. The van der Waals surface area contributed by atoms with E-state index in [4.69, 9.17) is 0 Å². The smallest absolute Gasteiger partial charge is 0.251 e. The molecule has 0 fully saturated rings. The van der Waals surface area contributed by atoms with Gasteiger partial charge in [0.15, 0.2) is 0 Å². The molecule has 0 saturated heterocycles. The van der Waals surface area contributed by atoms with E-state index in [0.29, 0.717) is 23.6 Å². The summed E-state index contributed by atoms with van der Waals surface area (Å²) in [7, 11) is 1.57. The van der Waals surface area contributed by atoms with Crippen molar-refractivity contribution in [2.24, 2.45) is 5.92 Å². The maximum Gasteiger partial charge on any atom is 0.251 e. The van der Waals surface area contributed by atoms with Gasteiger partial charge in [0, 0.05) is 36.1 Å². The second-order valence-electron chi connectivity index (χ2n) is 6.78. The van der Waals surface area contributed by atoms with Crippen LogP contribution in [0.3, 0.4) is 0 Å². The Morgan fingerprint density at radius 2 is 1.29 bits per heavy atom. The Balaban J connectivity index is 1.80. The molecule has 2 aromatic rings. The Hall–Kier alpha value is -3.35. The van der Waals surface area contributed by atoms with Crippen LogP contribution in [-0.2, 0) is 9.59 Å². The minimum absolute atomic E-state index is 0.0162. The lowest BCUT2D eigenvalue weighted by molar-refractivity contribution is -0.117. The highest BCUT2D eigenvalue weighted by Gasteiger charge is 2.07. The number of nitrogens with one attached hydrogen (secondary N) is 4. The van der Waals surface area contributed by atoms with Gasteiger partial charge < -0.3 is 21.3 Å². The molecule has 2 aromatic carbocycles. The van der Waals surface area contributed by atoms with E-state index >= 15 is 0 Å². The monoisotopic (exact) mass is 382 g/mol. The van der Waals surface area contributed by atoms with Gasteiger partial charge in [-0.15, -0.1) is 0 Å². The summed E-state index contributed by atoms with van der Waals surface area (Å²) in [5, 5.41) is 11.2. The van der Waals surface area contributed by atoms with Crippen LogP contribution in [0.1, 0.15) is 30.6 Å². The third-order valence-electron chi connectivity index (χ3n) is 3.87. The molecule has 28 heavy (non-hydrogen) atoms. The van der Waals surface area contributed by atoms with Gasteiger partial charge in [0.2, 0.25) is 11.8 Å². The molecule has 0 aromatic heterocycles. The summed E-state index contributed by atoms with van der Waals surface area (Å²) in [6, 6.07) is 13.8. The fraction of sp³-hybridized carbons (Fsp3) is 0.286. The average Bonchev–Trinajstić information content (AvgIpc) is 2.66. The molecule has 7 heteroatoms. The highest BCUT2D eigenvalue weighted by molar-refractivity contribution is 5.96. The number of anilines is 3. The average molecular weight is 382 g/mol. The van der Waals surface area contributed by atoms with E-state index in [1.54, 1.807) is 55.6 Å². The Morgan fingerprint density at radius 3 is 1.82 bits per heavy atom. The molecular formula is C21H26N4O3. The lowest BCUT2D eigenvalue weighted by atomic mass is 10.1. The maximum absolute atomic E-state index is 12.1. The van der Waals surface area contributed by atoms with Gasteiger partial charge >= 0.3 is 0 Å². The van der Waals surface area contributed by atoms with Gasteiger partial charge in [-0.2, -0.15) is 0 Å². The summed E-state index contributed by atoms with van der Waals surface area (Å²) in [5.41, 5.74) is 2.63. The van der Waals surface area contributed by atoms with E-state index in [9.17, 15) is 14.4 Å². The molecule has 0 aliphatic heterocycles. The van der Waals surface area contributed by atoms with E-state index in [1.165, 1.54) is 0 Å². The Labute approximate surface area is 164 Å². The number of benzene rings is 2. The van der Waals surface area contributed by atoms with Crippen LogP contribution < -0.4 is 21.3 Å². The molecule has 148 valence electrons. The van der Waals surface area contributed by atoms with Gasteiger partial charge in [0.1, 0.15) is 0 Å². The van der Waals surface area contributed by atoms with Gasteiger partial charge in [0.25, 0.3) is 5.91 Å². The van der Waals surface area contributed by atoms with Crippen LogP contribution in [-0.4, -0.2) is 31.3 Å². The summed E-state index contributed by atoms with van der Waals surface area (Å²) >= 11 is 0. The SMILES string of the molecule is CNC(=O)c1ccc(NC(=O)CNc2ccc(NC(=O)CC(C)C)cc2)cc1. The van der Waals surface area contributed by atoms with Gasteiger partial charge in [0.05, 0.1) is 6.54 Å². The number of rotatable bonds is 8.